The standard InChI is InChI=1S/C14H14ClF3N2O3/c1-3-22-13(21)11-7-12(20(2)19-11)9-6-8(4-5-10(9)15)23-14(16,17)18/h4-6,12H,3,7H2,1-2H3. The number of halogens is 4. The number of alkyl halides is 3. The van der Waals surface area contributed by atoms with Gasteiger partial charge in [0.05, 0.1) is 12.6 Å². The van der Waals surface area contributed by atoms with Gasteiger partial charge in [0.1, 0.15) is 11.5 Å². The Bertz CT molecular complexity index is 634. The molecule has 0 N–H and O–H groups in total. The van der Waals surface area contributed by atoms with Crippen LogP contribution < -0.4 is 4.74 Å². The van der Waals surface area contributed by atoms with E-state index in [1.54, 1.807) is 14.0 Å². The van der Waals surface area contributed by atoms with E-state index in [0.29, 0.717) is 5.56 Å². The van der Waals surface area contributed by atoms with Crippen LogP contribution in [0.4, 0.5) is 13.2 Å². The summed E-state index contributed by atoms with van der Waals surface area (Å²) in [6.07, 6.45) is -4.61. The lowest BCUT2D eigenvalue weighted by Crippen LogP contribution is -2.19. The fourth-order valence-electron chi connectivity index (χ4n) is 2.24. The number of nitrogens with zero attached hydrogens (tertiary/aromatic N) is 2. The van der Waals surface area contributed by atoms with Gasteiger partial charge in [0.25, 0.3) is 0 Å². The highest BCUT2D eigenvalue weighted by Crippen LogP contribution is 2.37. The van der Waals surface area contributed by atoms with E-state index in [0.717, 1.165) is 6.07 Å². The highest BCUT2D eigenvalue weighted by atomic mass is 35.5. The first kappa shape index (κ1) is 17.4. The molecule has 0 radical (unpaired) electrons. The number of carbonyl (C=O) groups excluding carboxylic acids is 1. The Morgan fingerprint density at radius 1 is 1.48 bits per heavy atom. The summed E-state index contributed by atoms with van der Waals surface area (Å²) in [5.41, 5.74) is 0.580. The summed E-state index contributed by atoms with van der Waals surface area (Å²) < 4.78 is 45.8. The second kappa shape index (κ2) is 6.66. The minimum atomic E-state index is -4.79. The van der Waals surface area contributed by atoms with Crippen LogP contribution in [-0.2, 0) is 9.53 Å². The largest absolute Gasteiger partial charge is 0.573 e. The van der Waals surface area contributed by atoms with Crippen LogP contribution in [0, 0.1) is 0 Å². The van der Waals surface area contributed by atoms with Gasteiger partial charge in [0.2, 0.25) is 0 Å². The van der Waals surface area contributed by atoms with Gasteiger partial charge in [-0.15, -0.1) is 13.2 Å². The van der Waals surface area contributed by atoms with Crippen LogP contribution in [-0.4, -0.2) is 36.7 Å². The quantitative estimate of drug-likeness (QED) is 0.779. The van der Waals surface area contributed by atoms with Crippen LogP contribution in [0.5, 0.6) is 5.75 Å². The van der Waals surface area contributed by atoms with Crippen LogP contribution in [0.1, 0.15) is 24.9 Å². The zero-order valence-electron chi connectivity index (χ0n) is 12.4. The zero-order chi connectivity index (χ0) is 17.2. The molecule has 1 heterocycles. The Balaban J connectivity index is 2.22. The average Bonchev–Trinajstić information content (AvgIpc) is 2.82. The van der Waals surface area contributed by atoms with Crippen LogP contribution in [0.3, 0.4) is 0 Å². The second-order valence-electron chi connectivity index (χ2n) is 4.79. The van der Waals surface area contributed by atoms with E-state index in [4.69, 9.17) is 16.3 Å². The van der Waals surface area contributed by atoms with E-state index in [9.17, 15) is 18.0 Å². The minimum Gasteiger partial charge on any atom is -0.461 e. The summed E-state index contributed by atoms with van der Waals surface area (Å²) in [7, 11) is 1.60. The van der Waals surface area contributed by atoms with E-state index in [-0.39, 0.29) is 29.5 Å². The van der Waals surface area contributed by atoms with Crippen LogP contribution >= 0.6 is 11.6 Å². The molecule has 0 bridgehead atoms. The third-order valence-corrected chi connectivity index (χ3v) is 3.53. The van der Waals surface area contributed by atoms with Crippen molar-refractivity contribution in [3.63, 3.8) is 0 Å². The Hall–Kier alpha value is -1.96. The van der Waals surface area contributed by atoms with Crippen molar-refractivity contribution in [1.29, 1.82) is 0 Å². The molecule has 1 unspecified atom stereocenters. The third kappa shape index (κ3) is 4.28. The lowest BCUT2D eigenvalue weighted by atomic mass is 10.0. The van der Waals surface area contributed by atoms with E-state index < -0.39 is 18.4 Å². The summed E-state index contributed by atoms with van der Waals surface area (Å²) in [6, 6.07) is 3.16. The number of benzene rings is 1. The highest BCUT2D eigenvalue weighted by molar-refractivity contribution is 6.37. The SMILES string of the molecule is CCOC(=O)C1=NN(C)C(c2cc(OC(F)(F)F)ccc2Cl)C1. The molecule has 0 amide bonds. The van der Waals surface area contributed by atoms with Gasteiger partial charge < -0.3 is 9.47 Å². The smallest absolute Gasteiger partial charge is 0.461 e. The molecule has 0 spiro atoms. The van der Waals surface area contributed by atoms with E-state index in [2.05, 4.69) is 9.84 Å². The van der Waals surface area contributed by atoms with Crippen molar-refractivity contribution >= 4 is 23.3 Å². The summed E-state index contributed by atoms with van der Waals surface area (Å²) >= 11 is 6.07. The van der Waals surface area contributed by atoms with Gasteiger partial charge in [-0.05, 0) is 30.7 Å². The van der Waals surface area contributed by atoms with E-state index in [1.807, 2.05) is 0 Å². The molecule has 0 saturated heterocycles. The number of rotatable bonds is 4. The Kier molecular flexibility index (Phi) is 5.03. The predicted octanol–water partition coefficient (Wildman–Crippen LogP) is 3.53. The van der Waals surface area contributed by atoms with Crippen molar-refractivity contribution in [1.82, 2.24) is 5.01 Å². The van der Waals surface area contributed by atoms with Crippen molar-refractivity contribution in [3.8, 4) is 5.75 Å². The molecule has 1 aromatic carbocycles. The Labute approximate surface area is 135 Å². The minimum absolute atomic E-state index is 0.185. The molecule has 0 aromatic heterocycles. The van der Waals surface area contributed by atoms with Gasteiger partial charge in [0.15, 0.2) is 0 Å². The summed E-state index contributed by atoms with van der Waals surface area (Å²) in [5, 5.41) is 5.79. The molecule has 1 aromatic rings. The maximum Gasteiger partial charge on any atom is 0.573 e. The number of hydrogen-bond donors (Lipinski definition) is 0. The summed E-state index contributed by atoms with van der Waals surface area (Å²) in [6.45, 7) is 1.88. The van der Waals surface area contributed by atoms with Crippen molar-refractivity contribution in [3.05, 3.63) is 28.8 Å². The lowest BCUT2D eigenvalue weighted by Gasteiger charge is -2.21. The van der Waals surface area contributed by atoms with Gasteiger partial charge in [-0.1, -0.05) is 11.6 Å². The first-order chi connectivity index (χ1) is 10.7. The van der Waals surface area contributed by atoms with Crippen LogP contribution in [0.2, 0.25) is 5.02 Å². The Morgan fingerprint density at radius 3 is 2.78 bits per heavy atom. The van der Waals surface area contributed by atoms with Gasteiger partial charge in [-0.3, -0.25) is 5.01 Å². The van der Waals surface area contributed by atoms with Gasteiger partial charge in [-0.25, -0.2) is 4.79 Å². The third-order valence-electron chi connectivity index (χ3n) is 3.19. The molecule has 2 rings (SSSR count). The zero-order valence-corrected chi connectivity index (χ0v) is 13.1. The van der Waals surface area contributed by atoms with Gasteiger partial charge in [-0.2, -0.15) is 5.10 Å². The molecule has 23 heavy (non-hydrogen) atoms. The predicted molar refractivity (Wildman–Crippen MR) is 77.3 cm³/mol. The Morgan fingerprint density at radius 2 is 2.17 bits per heavy atom. The van der Waals surface area contributed by atoms with E-state index in [1.165, 1.54) is 17.1 Å². The number of hydrogen-bond acceptors (Lipinski definition) is 5. The van der Waals surface area contributed by atoms with Crippen molar-refractivity contribution < 1.29 is 27.4 Å². The highest BCUT2D eigenvalue weighted by Gasteiger charge is 2.34. The van der Waals surface area contributed by atoms with Crippen LogP contribution in [0.15, 0.2) is 23.3 Å². The van der Waals surface area contributed by atoms with Crippen LogP contribution in [0.25, 0.3) is 0 Å². The summed E-state index contributed by atoms with van der Waals surface area (Å²) in [4.78, 5) is 11.7. The first-order valence-electron chi connectivity index (χ1n) is 6.74. The molecule has 0 fully saturated rings. The fraction of sp³-hybridized carbons (Fsp3) is 0.429. The molecular formula is C14H14ClF3N2O3. The topological polar surface area (TPSA) is 51.1 Å². The average molecular weight is 351 g/mol. The molecular weight excluding hydrogens is 337 g/mol. The second-order valence-corrected chi connectivity index (χ2v) is 5.20. The molecule has 1 atom stereocenters. The molecule has 0 saturated carbocycles. The lowest BCUT2D eigenvalue weighted by molar-refractivity contribution is -0.274. The maximum atomic E-state index is 12.3. The maximum absolute atomic E-state index is 12.3. The fourth-order valence-corrected chi connectivity index (χ4v) is 2.48. The first-order valence-corrected chi connectivity index (χ1v) is 7.11. The molecule has 5 nitrogen and oxygen atoms in total. The van der Waals surface area contributed by atoms with E-state index >= 15 is 0 Å². The normalized spacial score (nSPS) is 17.9. The van der Waals surface area contributed by atoms with Crippen molar-refractivity contribution in [2.24, 2.45) is 5.10 Å². The summed E-state index contributed by atoms with van der Waals surface area (Å²) in [5.74, 6) is -0.935. The monoisotopic (exact) mass is 350 g/mol. The molecule has 1 aliphatic rings. The number of carbonyl (C=O) groups is 1. The number of esters is 1. The number of ether oxygens (including phenoxy) is 2. The van der Waals surface area contributed by atoms with Gasteiger partial charge in [0, 0.05) is 18.5 Å². The van der Waals surface area contributed by atoms with Crippen molar-refractivity contribution in [2.45, 2.75) is 25.7 Å². The molecule has 9 heteroatoms. The van der Waals surface area contributed by atoms with Crippen molar-refractivity contribution in [2.75, 3.05) is 13.7 Å². The molecule has 0 aliphatic carbocycles. The van der Waals surface area contributed by atoms with Gasteiger partial charge >= 0.3 is 12.3 Å². The number of hydrazone groups is 1. The molecule has 1 aliphatic heterocycles. The molecule has 126 valence electrons.